The van der Waals surface area contributed by atoms with Crippen molar-refractivity contribution in [1.82, 2.24) is 19.5 Å². The van der Waals surface area contributed by atoms with Crippen molar-refractivity contribution < 1.29 is 24.9 Å². The van der Waals surface area contributed by atoms with Crippen LogP contribution in [0, 0.1) is 0 Å². The molecule has 1 fully saturated rings. The summed E-state index contributed by atoms with van der Waals surface area (Å²) in [7, 11) is 0. The minimum absolute atomic E-state index is 0.167. The molecule has 30 heavy (non-hydrogen) atoms. The standard InChI is InChI=1S/C17H19N5O4.C3H6O/c23-7-11-13(24)14(25)17(26-11)22-9-21-12-15(19-8-20-16(12)22)18-6-10-4-2-1-3-5-10;1-3(2)4/h1-5,8-9,11,13-14,17,23-25H,6-7H2,(H,18,19,20);1-2H3/t11-,13+,14+,17-;/m1./s1. The van der Waals surface area contributed by atoms with Crippen molar-refractivity contribution in [1.29, 1.82) is 0 Å². The second-order valence-corrected chi connectivity index (χ2v) is 7.02. The van der Waals surface area contributed by atoms with Gasteiger partial charge in [-0.25, -0.2) is 15.0 Å². The number of nitrogens with one attached hydrogen (secondary N) is 1. The highest BCUT2D eigenvalue weighted by Crippen LogP contribution is 2.32. The predicted octanol–water partition coefficient (Wildman–Crippen LogP) is 0.645. The molecule has 1 aliphatic heterocycles. The zero-order valence-electron chi connectivity index (χ0n) is 16.7. The molecule has 0 saturated carbocycles. The molecule has 3 heterocycles. The topological polar surface area (TPSA) is 143 Å². The number of aliphatic hydroxyl groups is 3. The van der Waals surface area contributed by atoms with Gasteiger partial charge in [-0.3, -0.25) is 4.57 Å². The average Bonchev–Trinajstić information content (AvgIpc) is 3.28. The third kappa shape index (κ3) is 4.79. The molecule has 1 saturated heterocycles. The maximum atomic E-state index is 10.2. The fraction of sp³-hybridized carbons (Fsp3) is 0.400. The zero-order valence-corrected chi connectivity index (χ0v) is 16.7. The Kier molecular flexibility index (Phi) is 7.06. The summed E-state index contributed by atoms with van der Waals surface area (Å²) in [5.74, 6) is 0.726. The minimum atomic E-state index is -1.19. The van der Waals surface area contributed by atoms with Gasteiger partial charge < -0.3 is 30.2 Å². The normalized spacial score (nSPS) is 23.1. The fourth-order valence-electron chi connectivity index (χ4n) is 3.06. The van der Waals surface area contributed by atoms with E-state index in [1.165, 1.54) is 31.1 Å². The van der Waals surface area contributed by atoms with Gasteiger partial charge >= 0.3 is 0 Å². The second-order valence-electron chi connectivity index (χ2n) is 7.02. The van der Waals surface area contributed by atoms with Gasteiger partial charge in [0.15, 0.2) is 23.2 Å². The number of hydrogen-bond acceptors (Lipinski definition) is 9. The lowest BCUT2D eigenvalue weighted by atomic mass is 10.1. The Morgan fingerprint density at radius 1 is 1.13 bits per heavy atom. The summed E-state index contributed by atoms with van der Waals surface area (Å²) in [6.45, 7) is 3.24. The van der Waals surface area contributed by atoms with Gasteiger partial charge in [-0.1, -0.05) is 30.3 Å². The van der Waals surface area contributed by atoms with Gasteiger partial charge in [-0.05, 0) is 19.4 Å². The van der Waals surface area contributed by atoms with Crippen LogP contribution in [0.4, 0.5) is 5.82 Å². The summed E-state index contributed by atoms with van der Waals surface area (Å²) in [5.41, 5.74) is 2.09. The molecule has 1 aromatic carbocycles. The molecule has 0 amide bonds. The maximum Gasteiger partial charge on any atom is 0.167 e. The lowest BCUT2D eigenvalue weighted by Crippen LogP contribution is -2.33. The number of ether oxygens (including phenoxy) is 1. The molecule has 4 atom stereocenters. The molecule has 2 aromatic heterocycles. The van der Waals surface area contributed by atoms with Crippen LogP contribution in [-0.4, -0.2) is 65.5 Å². The summed E-state index contributed by atoms with van der Waals surface area (Å²) in [4.78, 5) is 22.2. The Labute approximate surface area is 173 Å². The van der Waals surface area contributed by atoms with Crippen molar-refractivity contribution in [3.8, 4) is 0 Å². The van der Waals surface area contributed by atoms with E-state index >= 15 is 0 Å². The largest absolute Gasteiger partial charge is 0.394 e. The first-order valence-electron chi connectivity index (χ1n) is 9.47. The molecule has 0 unspecified atom stereocenters. The number of carbonyl (C=O) groups is 1. The van der Waals surface area contributed by atoms with E-state index in [0.717, 1.165) is 5.56 Å². The number of aromatic nitrogens is 4. The fourth-order valence-corrected chi connectivity index (χ4v) is 3.06. The smallest absolute Gasteiger partial charge is 0.167 e. The van der Waals surface area contributed by atoms with E-state index in [1.54, 1.807) is 0 Å². The lowest BCUT2D eigenvalue weighted by Gasteiger charge is -2.16. The molecular formula is C20H25N5O5. The Morgan fingerprint density at radius 3 is 2.47 bits per heavy atom. The van der Waals surface area contributed by atoms with Crippen LogP contribution in [0.25, 0.3) is 11.2 Å². The third-order valence-corrected chi connectivity index (χ3v) is 4.45. The predicted molar refractivity (Wildman–Crippen MR) is 108 cm³/mol. The van der Waals surface area contributed by atoms with E-state index in [0.29, 0.717) is 23.5 Å². The first kappa shape index (κ1) is 21.8. The van der Waals surface area contributed by atoms with Gasteiger partial charge in [0.05, 0.1) is 12.9 Å². The highest BCUT2D eigenvalue weighted by Gasteiger charge is 2.44. The molecule has 3 aromatic rings. The lowest BCUT2D eigenvalue weighted by molar-refractivity contribution is -0.114. The summed E-state index contributed by atoms with van der Waals surface area (Å²) in [6, 6.07) is 9.88. The van der Waals surface area contributed by atoms with Crippen molar-refractivity contribution in [2.75, 3.05) is 11.9 Å². The first-order chi connectivity index (χ1) is 14.4. The number of Topliss-reactive ketones (excluding diaryl/α,β-unsaturated/α-hetero) is 1. The quantitative estimate of drug-likeness (QED) is 0.472. The van der Waals surface area contributed by atoms with Crippen LogP contribution >= 0.6 is 0 Å². The Bertz CT molecular complexity index is 976. The number of ketones is 1. The molecule has 0 aliphatic carbocycles. The monoisotopic (exact) mass is 415 g/mol. The first-order valence-corrected chi connectivity index (χ1v) is 9.47. The van der Waals surface area contributed by atoms with Gasteiger partial charge in [0.1, 0.15) is 30.4 Å². The molecule has 0 bridgehead atoms. The summed E-state index contributed by atoms with van der Waals surface area (Å²) >= 11 is 0. The molecule has 10 heteroatoms. The number of nitrogens with zero attached hydrogens (tertiary/aromatic N) is 4. The SMILES string of the molecule is CC(C)=O.OC[C@H]1O[C@@H](n2cnc3c(NCc4ccccc4)ncnc32)[C@@H](O)[C@H]1O. The average molecular weight is 415 g/mol. The molecule has 10 nitrogen and oxygen atoms in total. The zero-order chi connectivity index (χ0) is 21.7. The van der Waals surface area contributed by atoms with E-state index in [9.17, 15) is 20.1 Å². The Balaban J connectivity index is 0.000000589. The molecule has 0 radical (unpaired) electrons. The van der Waals surface area contributed by atoms with Gasteiger partial charge in [-0.15, -0.1) is 0 Å². The molecular weight excluding hydrogens is 390 g/mol. The maximum absolute atomic E-state index is 10.2. The highest BCUT2D eigenvalue weighted by molar-refractivity contribution is 5.82. The van der Waals surface area contributed by atoms with Crippen molar-refractivity contribution >= 4 is 22.8 Å². The Morgan fingerprint density at radius 2 is 1.83 bits per heavy atom. The number of anilines is 1. The summed E-state index contributed by atoms with van der Waals surface area (Å²) < 4.78 is 7.08. The van der Waals surface area contributed by atoms with E-state index in [-0.39, 0.29) is 12.4 Å². The number of hydrogen-bond donors (Lipinski definition) is 4. The highest BCUT2D eigenvalue weighted by atomic mass is 16.6. The van der Waals surface area contributed by atoms with Crippen LogP contribution in [0.2, 0.25) is 0 Å². The van der Waals surface area contributed by atoms with Crippen molar-refractivity contribution in [2.24, 2.45) is 0 Å². The van der Waals surface area contributed by atoms with Crippen LogP contribution in [0.1, 0.15) is 25.6 Å². The van der Waals surface area contributed by atoms with Crippen LogP contribution in [-0.2, 0) is 16.1 Å². The molecule has 4 N–H and O–H groups in total. The molecule has 1 aliphatic rings. The molecule has 4 rings (SSSR count). The van der Waals surface area contributed by atoms with E-state index < -0.39 is 24.5 Å². The van der Waals surface area contributed by atoms with E-state index in [4.69, 9.17) is 4.74 Å². The minimum Gasteiger partial charge on any atom is -0.394 e. The van der Waals surface area contributed by atoms with Crippen molar-refractivity contribution in [2.45, 2.75) is 44.9 Å². The third-order valence-electron chi connectivity index (χ3n) is 4.45. The van der Waals surface area contributed by atoms with Crippen LogP contribution in [0.3, 0.4) is 0 Å². The van der Waals surface area contributed by atoms with Gasteiger partial charge in [0, 0.05) is 6.54 Å². The van der Waals surface area contributed by atoms with Crippen molar-refractivity contribution in [3.63, 3.8) is 0 Å². The van der Waals surface area contributed by atoms with Gasteiger partial charge in [-0.2, -0.15) is 0 Å². The molecule has 160 valence electrons. The van der Waals surface area contributed by atoms with Crippen molar-refractivity contribution in [3.05, 3.63) is 48.5 Å². The number of carbonyl (C=O) groups excluding carboxylic acids is 1. The molecule has 0 spiro atoms. The Hall–Kier alpha value is -2.92. The summed E-state index contributed by atoms with van der Waals surface area (Å²) in [6.07, 6.45) is -1.24. The van der Waals surface area contributed by atoms with Crippen LogP contribution in [0.15, 0.2) is 43.0 Å². The number of benzene rings is 1. The van der Waals surface area contributed by atoms with E-state index in [2.05, 4.69) is 20.3 Å². The number of rotatable bonds is 5. The van der Waals surface area contributed by atoms with E-state index in [1.807, 2.05) is 30.3 Å². The number of fused-ring (bicyclic) bond motifs is 1. The van der Waals surface area contributed by atoms with Gasteiger partial charge in [0.25, 0.3) is 0 Å². The summed E-state index contributed by atoms with van der Waals surface area (Å²) in [5, 5.41) is 32.6. The van der Waals surface area contributed by atoms with Gasteiger partial charge in [0.2, 0.25) is 0 Å². The van der Waals surface area contributed by atoms with Crippen LogP contribution in [0.5, 0.6) is 0 Å². The number of aliphatic hydroxyl groups excluding tert-OH is 3. The van der Waals surface area contributed by atoms with Crippen LogP contribution < -0.4 is 5.32 Å². The number of imidazole rings is 1. The second kappa shape index (κ2) is 9.72.